The van der Waals surface area contributed by atoms with Gasteiger partial charge in [0, 0.05) is 4.90 Å². The zero-order valence-electron chi connectivity index (χ0n) is 13.0. The van der Waals surface area contributed by atoms with Crippen LogP contribution in [0.1, 0.15) is 5.56 Å². The van der Waals surface area contributed by atoms with Gasteiger partial charge in [-0.25, -0.2) is 0 Å². The Hall–Kier alpha value is -2.15. The van der Waals surface area contributed by atoms with Crippen molar-refractivity contribution in [2.45, 2.75) is 11.8 Å². The van der Waals surface area contributed by atoms with Gasteiger partial charge in [-0.3, -0.25) is 10.1 Å². The van der Waals surface area contributed by atoms with Crippen LogP contribution in [0.2, 0.25) is 0 Å². The minimum Gasteiger partial charge on any atom is -0.334 e. The lowest BCUT2D eigenvalue weighted by Gasteiger charge is -2.08. The van der Waals surface area contributed by atoms with Gasteiger partial charge in [0.1, 0.15) is 9.40 Å². The number of halogens is 2. The summed E-state index contributed by atoms with van der Waals surface area (Å²) in [6.45, 7) is 1.95. The van der Waals surface area contributed by atoms with E-state index >= 15 is 0 Å². The molecule has 0 saturated heterocycles. The first-order chi connectivity index (χ1) is 12.0. The van der Waals surface area contributed by atoms with Crippen LogP contribution >= 0.6 is 35.0 Å². The molecule has 0 aliphatic carbocycles. The standard InChI is InChI=1S/C17H13Cl2N3O2S/c1-10-7-8-12-13(9-10)21-17(20-12)14(22(23)24)15(16(18)19)25-11-5-3-2-4-6-11/h2-9,20-21H,1H3. The molecule has 0 saturated carbocycles. The van der Waals surface area contributed by atoms with E-state index in [1.807, 2.05) is 55.5 Å². The van der Waals surface area contributed by atoms with Gasteiger partial charge in [0.15, 0.2) is 5.82 Å². The summed E-state index contributed by atoms with van der Waals surface area (Å²) in [6, 6.07) is 14.9. The molecule has 0 fully saturated rings. The second-order valence-electron chi connectivity index (χ2n) is 5.28. The normalized spacial score (nSPS) is 14.2. The van der Waals surface area contributed by atoms with Gasteiger partial charge in [-0.1, -0.05) is 59.2 Å². The van der Waals surface area contributed by atoms with Crippen molar-refractivity contribution in [2.24, 2.45) is 0 Å². The van der Waals surface area contributed by atoms with Gasteiger partial charge in [0.2, 0.25) is 0 Å². The van der Waals surface area contributed by atoms with Crippen molar-refractivity contribution < 1.29 is 4.92 Å². The van der Waals surface area contributed by atoms with E-state index in [0.717, 1.165) is 33.6 Å². The van der Waals surface area contributed by atoms with Crippen LogP contribution in [0, 0.1) is 17.0 Å². The van der Waals surface area contributed by atoms with Crippen molar-refractivity contribution in [2.75, 3.05) is 10.6 Å². The van der Waals surface area contributed by atoms with Crippen LogP contribution in [0.5, 0.6) is 0 Å². The summed E-state index contributed by atoms with van der Waals surface area (Å²) in [5, 5.41) is 17.8. The molecule has 1 heterocycles. The number of anilines is 2. The van der Waals surface area contributed by atoms with Gasteiger partial charge in [-0.15, -0.1) is 0 Å². The maximum Gasteiger partial charge on any atom is 0.325 e. The number of hydrogen-bond donors (Lipinski definition) is 2. The van der Waals surface area contributed by atoms with E-state index in [1.165, 1.54) is 0 Å². The Balaban J connectivity index is 2.03. The van der Waals surface area contributed by atoms with Crippen molar-refractivity contribution in [1.82, 2.24) is 0 Å². The summed E-state index contributed by atoms with van der Waals surface area (Å²) in [4.78, 5) is 12.2. The number of fused-ring (bicyclic) bond motifs is 1. The monoisotopic (exact) mass is 393 g/mol. The lowest BCUT2D eigenvalue weighted by molar-refractivity contribution is -0.420. The van der Waals surface area contributed by atoms with E-state index in [4.69, 9.17) is 23.2 Å². The summed E-state index contributed by atoms with van der Waals surface area (Å²) in [5.41, 5.74) is 2.36. The molecule has 128 valence electrons. The zero-order chi connectivity index (χ0) is 18.0. The summed E-state index contributed by atoms with van der Waals surface area (Å²) in [5.74, 6) is 0.239. The third-order valence-corrected chi connectivity index (χ3v) is 5.18. The fourth-order valence-electron chi connectivity index (χ4n) is 2.36. The number of rotatable bonds is 4. The highest BCUT2D eigenvalue weighted by molar-refractivity contribution is 8.03. The third kappa shape index (κ3) is 3.92. The molecule has 0 aromatic heterocycles. The van der Waals surface area contributed by atoms with Crippen molar-refractivity contribution in [1.29, 1.82) is 0 Å². The van der Waals surface area contributed by atoms with Crippen LogP contribution < -0.4 is 10.6 Å². The van der Waals surface area contributed by atoms with Crippen LogP contribution in [0.3, 0.4) is 0 Å². The molecule has 2 N–H and O–H groups in total. The number of benzene rings is 2. The number of hydrogen-bond acceptors (Lipinski definition) is 5. The van der Waals surface area contributed by atoms with Crippen LogP contribution in [0.25, 0.3) is 0 Å². The Morgan fingerprint density at radius 2 is 1.76 bits per heavy atom. The molecule has 1 aliphatic rings. The molecular weight excluding hydrogens is 381 g/mol. The average Bonchev–Trinajstić information content (AvgIpc) is 2.97. The van der Waals surface area contributed by atoms with E-state index in [0.29, 0.717) is 0 Å². The molecule has 0 radical (unpaired) electrons. The molecule has 0 amide bonds. The highest BCUT2D eigenvalue weighted by Crippen LogP contribution is 2.41. The first-order valence-electron chi connectivity index (χ1n) is 7.27. The molecule has 5 nitrogen and oxygen atoms in total. The minimum atomic E-state index is -0.496. The number of nitrogens with zero attached hydrogens (tertiary/aromatic N) is 1. The van der Waals surface area contributed by atoms with Crippen LogP contribution in [-0.4, -0.2) is 4.92 Å². The van der Waals surface area contributed by atoms with Crippen molar-refractivity contribution in [3.05, 3.63) is 85.1 Å². The second kappa shape index (κ2) is 7.39. The third-order valence-electron chi connectivity index (χ3n) is 3.46. The topological polar surface area (TPSA) is 67.2 Å². The Morgan fingerprint density at radius 3 is 2.40 bits per heavy atom. The second-order valence-corrected chi connectivity index (χ2v) is 7.32. The van der Waals surface area contributed by atoms with E-state index in [9.17, 15) is 10.1 Å². The van der Waals surface area contributed by atoms with Gasteiger partial charge in [0.05, 0.1) is 16.3 Å². The van der Waals surface area contributed by atoms with Gasteiger partial charge >= 0.3 is 5.70 Å². The van der Waals surface area contributed by atoms with Gasteiger partial charge in [-0.2, -0.15) is 0 Å². The number of aryl methyl sites for hydroxylation is 1. The number of thioether (sulfide) groups is 1. The fourth-order valence-corrected chi connectivity index (χ4v) is 3.65. The van der Waals surface area contributed by atoms with E-state index in [-0.39, 0.29) is 20.9 Å². The summed E-state index contributed by atoms with van der Waals surface area (Å²) >= 11 is 13.1. The molecule has 2 aromatic carbocycles. The molecule has 1 aliphatic heterocycles. The summed E-state index contributed by atoms with van der Waals surface area (Å²) in [6.07, 6.45) is 0. The lowest BCUT2D eigenvalue weighted by Crippen LogP contribution is -2.12. The van der Waals surface area contributed by atoms with E-state index < -0.39 is 4.92 Å². The fraction of sp³-hybridized carbons (Fsp3) is 0.0588. The molecule has 0 bridgehead atoms. The maximum atomic E-state index is 11.7. The molecule has 8 heteroatoms. The highest BCUT2D eigenvalue weighted by Gasteiger charge is 2.31. The van der Waals surface area contributed by atoms with Crippen molar-refractivity contribution >= 4 is 46.3 Å². The number of nitrogens with one attached hydrogen (secondary N) is 2. The van der Waals surface area contributed by atoms with E-state index in [1.54, 1.807) is 0 Å². The molecule has 0 atom stereocenters. The average molecular weight is 394 g/mol. The molecule has 0 spiro atoms. The molecule has 3 rings (SSSR count). The molecular formula is C17H13Cl2N3O2S. The Bertz CT molecular complexity index is 894. The Morgan fingerprint density at radius 1 is 1.08 bits per heavy atom. The van der Waals surface area contributed by atoms with Crippen LogP contribution in [0.15, 0.2) is 74.3 Å². The van der Waals surface area contributed by atoms with Gasteiger partial charge in [0.25, 0.3) is 0 Å². The van der Waals surface area contributed by atoms with Crippen molar-refractivity contribution in [3.8, 4) is 0 Å². The predicted octanol–water partition coefficient (Wildman–Crippen LogP) is 5.72. The van der Waals surface area contributed by atoms with Gasteiger partial charge in [-0.05, 0) is 36.8 Å². The van der Waals surface area contributed by atoms with Crippen molar-refractivity contribution in [3.63, 3.8) is 0 Å². The first-order valence-corrected chi connectivity index (χ1v) is 8.85. The largest absolute Gasteiger partial charge is 0.334 e. The number of nitro groups is 1. The zero-order valence-corrected chi connectivity index (χ0v) is 15.4. The SMILES string of the molecule is Cc1ccc2c(c1)NC(=C(C(Sc1ccccc1)=C(Cl)Cl)[N+](=O)[O-])N2. The predicted molar refractivity (Wildman–Crippen MR) is 103 cm³/mol. The molecule has 25 heavy (non-hydrogen) atoms. The minimum absolute atomic E-state index is 0.163. The van der Waals surface area contributed by atoms with Crippen LogP contribution in [0.4, 0.5) is 11.4 Å². The first kappa shape index (κ1) is 17.7. The van der Waals surface area contributed by atoms with E-state index in [2.05, 4.69) is 10.6 Å². The quantitative estimate of drug-likeness (QED) is 0.395. The summed E-state index contributed by atoms with van der Waals surface area (Å²) < 4.78 is -0.163. The Labute approximate surface area is 158 Å². The smallest absolute Gasteiger partial charge is 0.325 e. The molecule has 2 aromatic rings. The Kier molecular flexibility index (Phi) is 5.22. The van der Waals surface area contributed by atoms with Gasteiger partial charge < -0.3 is 10.6 Å². The van der Waals surface area contributed by atoms with Crippen LogP contribution in [-0.2, 0) is 0 Å². The highest BCUT2D eigenvalue weighted by atomic mass is 35.5. The lowest BCUT2D eigenvalue weighted by atomic mass is 10.2. The summed E-state index contributed by atoms with van der Waals surface area (Å²) in [7, 11) is 0. The molecule has 0 unspecified atom stereocenters. The maximum absolute atomic E-state index is 11.7.